The summed E-state index contributed by atoms with van der Waals surface area (Å²) < 4.78 is 0. The maximum Gasteiger partial charge on any atom is 0.313 e. The van der Waals surface area contributed by atoms with E-state index in [-0.39, 0.29) is 17.7 Å². The smallest absolute Gasteiger partial charge is 0.313 e. The molecule has 198 valence electrons. The summed E-state index contributed by atoms with van der Waals surface area (Å²) >= 11 is 0. The fourth-order valence-corrected chi connectivity index (χ4v) is 5.83. The van der Waals surface area contributed by atoms with E-state index in [4.69, 9.17) is 5.73 Å². The topological polar surface area (TPSA) is 228 Å². The van der Waals surface area contributed by atoms with Crippen LogP contribution >= 0.6 is 0 Å². The number of primary amides is 1. The van der Waals surface area contributed by atoms with Gasteiger partial charge in [-0.05, 0) is 20.5 Å². The molecular weight excluding hydrogens is 492 g/mol. The number of carbonyl (C=O) groups is 3. The number of rotatable bonds is 4. The molecule has 0 aromatic heterocycles. The van der Waals surface area contributed by atoms with E-state index in [1.807, 2.05) is 0 Å². The number of nitro groups is 1. The lowest BCUT2D eigenvalue weighted by Crippen LogP contribution is -2.66. The Labute approximate surface area is 209 Å². The molecule has 5 atom stereocenters. The Balaban J connectivity index is 2.08. The van der Waals surface area contributed by atoms with Crippen LogP contribution in [-0.2, 0) is 14.4 Å². The molecule has 7 N–H and O–H groups in total. The first-order valence-corrected chi connectivity index (χ1v) is 11.1. The summed E-state index contributed by atoms with van der Waals surface area (Å²) in [7, 11) is 5.93. The second-order valence-corrected chi connectivity index (χ2v) is 9.82. The van der Waals surface area contributed by atoms with Crippen molar-refractivity contribution >= 4 is 34.6 Å². The van der Waals surface area contributed by atoms with E-state index in [9.17, 15) is 50.0 Å². The van der Waals surface area contributed by atoms with Crippen molar-refractivity contribution < 1.29 is 44.8 Å². The van der Waals surface area contributed by atoms with Crippen LogP contribution in [-0.4, -0.2) is 92.7 Å². The van der Waals surface area contributed by atoms with Gasteiger partial charge >= 0.3 is 5.69 Å². The molecule has 14 nitrogen and oxygen atoms in total. The predicted molar refractivity (Wildman–Crippen MR) is 126 cm³/mol. The summed E-state index contributed by atoms with van der Waals surface area (Å²) in [5.41, 5.74) is -0.643. The number of likely N-dealkylation sites (N-methyl/N-ethyl adjacent to an activating group) is 1. The van der Waals surface area contributed by atoms with Crippen molar-refractivity contribution in [3.8, 4) is 5.75 Å². The number of aliphatic hydroxyl groups excluding tert-OH is 3. The maximum atomic E-state index is 13.8. The molecule has 0 heterocycles. The van der Waals surface area contributed by atoms with Crippen LogP contribution < -0.4 is 10.6 Å². The molecule has 1 unspecified atom stereocenters. The Morgan fingerprint density at radius 1 is 1.19 bits per heavy atom. The van der Waals surface area contributed by atoms with Gasteiger partial charge in [0.05, 0.1) is 22.6 Å². The SMILES string of the molecule is CN(C)c1cc([N+](=O)[O-])c(O)c2c1C(O)[C@H]1C[C@H]3[C@H](N(C)C)C(=O)C(C(N)=O)=C(O)[C@@]3(O)C(=O)C1=C2O. The number of hydrogen-bond donors (Lipinski definition) is 6. The van der Waals surface area contributed by atoms with Gasteiger partial charge in [-0.1, -0.05) is 0 Å². The Bertz CT molecular complexity index is 1350. The molecule has 14 heteroatoms. The zero-order valence-electron chi connectivity index (χ0n) is 20.3. The molecule has 0 radical (unpaired) electrons. The Hall–Kier alpha value is -4.01. The fourth-order valence-electron chi connectivity index (χ4n) is 5.83. The zero-order valence-corrected chi connectivity index (χ0v) is 20.3. The van der Waals surface area contributed by atoms with Gasteiger partial charge in [-0.3, -0.25) is 29.4 Å². The minimum absolute atomic E-state index is 0.0773. The largest absolute Gasteiger partial charge is 0.508 e. The van der Waals surface area contributed by atoms with Crippen molar-refractivity contribution in [3.05, 3.63) is 44.2 Å². The van der Waals surface area contributed by atoms with E-state index >= 15 is 0 Å². The molecule has 1 aromatic carbocycles. The average molecular weight is 518 g/mol. The maximum absolute atomic E-state index is 13.8. The number of fused-ring (bicyclic) bond motifs is 3. The summed E-state index contributed by atoms with van der Waals surface area (Å²) in [4.78, 5) is 52.3. The molecular formula is C23H26N4O10. The molecule has 0 spiro atoms. The first-order chi connectivity index (χ1) is 17.1. The van der Waals surface area contributed by atoms with Crippen molar-refractivity contribution in [2.24, 2.45) is 17.6 Å². The molecule has 1 aromatic rings. The van der Waals surface area contributed by atoms with Crippen LogP contribution in [0.3, 0.4) is 0 Å². The van der Waals surface area contributed by atoms with Gasteiger partial charge in [0.15, 0.2) is 11.4 Å². The quantitative estimate of drug-likeness (QED) is 0.167. The number of phenols is 1. The fraction of sp³-hybridized carbons (Fsp3) is 0.435. The molecule has 37 heavy (non-hydrogen) atoms. The highest BCUT2D eigenvalue weighted by Crippen LogP contribution is 2.57. The van der Waals surface area contributed by atoms with Crippen LogP contribution in [0.25, 0.3) is 5.76 Å². The van der Waals surface area contributed by atoms with Crippen LogP contribution in [0.2, 0.25) is 0 Å². The number of Topliss-reactive ketones (excluding diaryl/α,β-unsaturated/α-hetero) is 2. The van der Waals surface area contributed by atoms with Gasteiger partial charge in [0.2, 0.25) is 11.5 Å². The van der Waals surface area contributed by atoms with E-state index in [1.165, 1.54) is 38.0 Å². The van der Waals surface area contributed by atoms with E-state index in [0.717, 1.165) is 6.07 Å². The highest BCUT2D eigenvalue weighted by molar-refractivity contribution is 6.24. The third-order valence-corrected chi connectivity index (χ3v) is 7.45. The zero-order chi connectivity index (χ0) is 27.9. The van der Waals surface area contributed by atoms with Crippen LogP contribution in [0.1, 0.15) is 23.7 Å². The van der Waals surface area contributed by atoms with E-state index in [2.05, 4.69) is 0 Å². The second kappa shape index (κ2) is 8.26. The summed E-state index contributed by atoms with van der Waals surface area (Å²) in [6.07, 6.45) is -1.96. The van der Waals surface area contributed by atoms with Crippen molar-refractivity contribution in [2.75, 3.05) is 33.1 Å². The number of nitrogens with two attached hydrogens (primary N) is 1. The van der Waals surface area contributed by atoms with Gasteiger partial charge in [-0.25, -0.2) is 0 Å². The second-order valence-electron chi connectivity index (χ2n) is 9.82. The number of aliphatic hydroxyl groups is 4. The average Bonchev–Trinajstić information content (AvgIpc) is 2.78. The van der Waals surface area contributed by atoms with Gasteiger partial charge in [-0.15, -0.1) is 0 Å². The van der Waals surface area contributed by atoms with Crippen LogP contribution in [0.15, 0.2) is 23.0 Å². The lowest BCUT2D eigenvalue weighted by atomic mass is 9.57. The molecule has 0 saturated heterocycles. The van der Waals surface area contributed by atoms with Crippen molar-refractivity contribution in [3.63, 3.8) is 0 Å². The third-order valence-electron chi connectivity index (χ3n) is 7.45. The van der Waals surface area contributed by atoms with Crippen molar-refractivity contribution in [2.45, 2.75) is 24.2 Å². The van der Waals surface area contributed by atoms with Gasteiger partial charge in [0.1, 0.15) is 17.1 Å². The normalized spacial score (nSPS) is 29.2. The molecule has 0 aliphatic heterocycles. The minimum atomic E-state index is -2.90. The lowest BCUT2D eigenvalue weighted by Gasteiger charge is -2.51. The van der Waals surface area contributed by atoms with Crippen LogP contribution in [0, 0.1) is 22.0 Å². The number of anilines is 1. The summed E-state index contributed by atoms with van der Waals surface area (Å²) in [6, 6.07) is -0.305. The first kappa shape index (κ1) is 26.1. The standard InChI is InChI=1S/C23H26N4O10/c1-25(2)9-6-10(27(36)37)17(29)13-12(9)16(28)7-5-8-15(26(3)4)19(31)14(22(24)34)21(33)23(8,35)20(32)11(7)18(13)30/h6-8,15-16,28-30,33,35H,5H2,1-4H3,(H2,24,34)/t7-,8-,15-,16?,23-/m0/s1. The number of carbonyl (C=O) groups excluding carboxylic acids is 3. The number of phenolic OH excluding ortho intramolecular Hbond substituents is 1. The van der Waals surface area contributed by atoms with E-state index in [1.54, 1.807) is 0 Å². The number of hydrogen-bond acceptors (Lipinski definition) is 12. The Morgan fingerprint density at radius 2 is 1.78 bits per heavy atom. The minimum Gasteiger partial charge on any atom is -0.508 e. The Morgan fingerprint density at radius 3 is 2.27 bits per heavy atom. The summed E-state index contributed by atoms with van der Waals surface area (Å²) in [5, 5.41) is 67.3. The van der Waals surface area contributed by atoms with Gasteiger partial charge in [-0.2, -0.15) is 0 Å². The Kier molecular flexibility index (Phi) is 5.82. The number of amides is 1. The number of aromatic hydroxyl groups is 1. The monoisotopic (exact) mass is 518 g/mol. The number of benzene rings is 1. The molecule has 1 saturated carbocycles. The highest BCUT2D eigenvalue weighted by Gasteiger charge is 2.65. The van der Waals surface area contributed by atoms with Crippen LogP contribution in [0.5, 0.6) is 5.75 Å². The highest BCUT2D eigenvalue weighted by atomic mass is 16.6. The van der Waals surface area contributed by atoms with Crippen LogP contribution in [0.4, 0.5) is 11.4 Å². The summed E-state index contributed by atoms with van der Waals surface area (Å²) in [5.74, 6) is -9.52. The number of ketones is 2. The third kappa shape index (κ3) is 3.26. The molecule has 3 aliphatic rings. The van der Waals surface area contributed by atoms with E-state index in [0.29, 0.717) is 0 Å². The van der Waals surface area contributed by atoms with Gasteiger partial charge in [0, 0.05) is 48.8 Å². The number of nitrogens with zero attached hydrogens (tertiary/aromatic N) is 3. The molecule has 1 amide bonds. The lowest BCUT2D eigenvalue weighted by molar-refractivity contribution is -0.385. The van der Waals surface area contributed by atoms with Gasteiger partial charge < -0.3 is 36.2 Å². The molecule has 4 rings (SSSR count). The van der Waals surface area contributed by atoms with Crippen molar-refractivity contribution in [1.29, 1.82) is 0 Å². The molecule has 3 aliphatic carbocycles. The van der Waals surface area contributed by atoms with Crippen molar-refractivity contribution in [1.82, 2.24) is 4.90 Å². The molecule has 1 fully saturated rings. The predicted octanol–water partition coefficient (Wildman–Crippen LogP) is -0.571. The molecule has 0 bridgehead atoms. The van der Waals surface area contributed by atoms with E-state index < -0.39 is 91.6 Å². The summed E-state index contributed by atoms with van der Waals surface area (Å²) in [6.45, 7) is 0. The number of nitro benzene ring substituents is 1. The first-order valence-electron chi connectivity index (χ1n) is 11.1. The van der Waals surface area contributed by atoms with Gasteiger partial charge in [0.25, 0.3) is 5.91 Å².